The van der Waals surface area contributed by atoms with Gasteiger partial charge in [-0.2, -0.15) is 0 Å². The van der Waals surface area contributed by atoms with Gasteiger partial charge in [-0.05, 0) is 65.7 Å². The Morgan fingerprint density at radius 3 is 2.65 bits per heavy atom. The van der Waals surface area contributed by atoms with Crippen LogP contribution in [-0.4, -0.2) is 12.1 Å². The molecule has 1 fully saturated rings. The summed E-state index contributed by atoms with van der Waals surface area (Å²) in [4.78, 5) is 0. The summed E-state index contributed by atoms with van der Waals surface area (Å²) in [6.07, 6.45) is 7.51. The van der Waals surface area contributed by atoms with E-state index in [1.807, 2.05) is 12.1 Å². The quantitative estimate of drug-likeness (QED) is 0.758. The highest BCUT2D eigenvalue weighted by Crippen LogP contribution is 2.37. The van der Waals surface area contributed by atoms with Gasteiger partial charge in [-0.15, -0.1) is 0 Å². The van der Waals surface area contributed by atoms with Gasteiger partial charge in [0.1, 0.15) is 0 Å². The van der Waals surface area contributed by atoms with Crippen molar-refractivity contribution in [2.45, 2.75) is 51.0 Å². The molecule has 1 saturated carbocycles. The number of benzene rings is 1. The molecule has 1 aliphatic rings. The first-order chi connectivity index (χ1) is 9.58. The van der Waals surface area contributed by atoms with Gasteiger partial charge in [0.15, 0.2) is 0 Å². The van der Waals surface area contributed by atoms with Gasteiger partial charge in [0.05, 0.1) is 5.02 Å². The number of hydrogen-bond acceptors (Lipinski definition) is 2. The zero-order valence-electron chi connectivity index (χ0n) is 12.1. The molecule has 2 nitrogen and oxygen atoms in total. The molecule has 0 aliphatic heterocycles. The van der Waals surface area contributed by atoms with Gasteiger partial charge in [0, 0.05) is 22.2 Å². The summed E-state index contributed by atoms with van der Waals surface area (Å²) in [7, 11) is 0. The van der Waals surface area contributed by atoms with Gasteiger partial charge in [-0.25, -0.2) is 0 Å². The molecule has 4 heteroatoms. The fraction of sp³-hybridized carbons (Fsp3) is 0.625. The van der Waals surface area contributed by atoms with Crippen LogP contribution in [0.15, 0.2) is 22.7 Å². The second-order valence-electron chi connectivity index (χ2n) is 5.97. The highest BCUT2D eigenvalue weighted by atomic mass is 79.9. The van der Waals surface area contributed by atoms with Crippen LogP contribution in [0, 0.1) is 5.92 Å². The standard InChI is InChI=1S/C16H24BrClN2/c1-2-3-12-6-8-16(11-19,9-7-12)20-13-4-5-14(17)15(18)10-13/h4-5,10,12,20H,2-3,6-9,11,19H2,1H3. The lowest BCUT2D eigenvalue weighted by Gasteiger charge is -2.41. The Kier molecular flexibility index (Phi) is 5.76. The van der Waals surface area contributed by atoms with E-state index < -0.39 is 0 Å². The van der Waals surface area contributed by atoms with E-state index in [4.69, 9.17) is 17.3 Å². The predicted molar refractivity (Wildman–Crippen MR) is 91.4 cm³/mol. The molecule has 112 valence electrons. The molecule has 0 aromatic heterocycles. The number of rotatable bonds is 5. The van der Waals surface area contributed by atoms with Crippen LogP contribution in [0.3, 0.4) is 0 Å². The monoisotopic (exact) mass is 358 g/mol. The number of anilines is 1. The molecule has 1 aliphatic carbocycles. The Morgan fingerprint density at radius 2 is 2.10 bits per heavy atom. The molecule has 1 aromatic carbocycles. The maximum absolute atomic E-state index is 6.17. The summed E-state index contributed by atoms with van der Waals surface area (Å²) in [6.45, 7) is 2.95. The Morgan fingerprint density at radius 1 is 1.40 bits per heavy atom. The predicted octanol–water partition coefficient (Wildman–Crippen LogP) is 5.20. The maximum Gasteiger partial charge on any atom is 0.0568 e. The van der Waals surface area contributed by atoms with E-state index in [1.165, 1.54) is 25.7 Å². The molecule has 0 radical (unpaired) electrons. The van der Waals surface area contributed by atoms with Crippen LogP contribution < -0.4 is 11.1 Å². The van der Waals surface area contributed by atoms with Gasteiger partial charge in [-0.1, -0.05) is 31.4 Å². The third-order valence-electron chi connectivity index (χ3n) is 4.48. The first-order valence-electron chi connectivity index (χ1n) is 7.52. The minimum Gasteiger partial charge on any atom is -0.378 e. The van der Waals surface area contributed by atoms with Crippen LogP contribution in [0.4, 0.5) is 5.69 Å². The zero-order valence-corrected chi connectivity index (χ0v) is 14.4. The Labute approximate surface area is 135 Å². The summed E-state index contributed by atoms with van der Waals surface area (Å²) < 4.78 is 0.929. The lowest BCUT2D eigenvalue weighted by molar-refractivity contribution is 0.247. The SMILES string of the molecule is CCCC1CCC(CN)(Nc2ccc(Br)c(Cl)c2)CC1. The van der Waals surface area contributed by atoms with Crippen molar-refractivity contribution >= 4 is 33.2 Å². The third kappa shape index (κ3) is 3.90. The van der Waals surface area contributed by atoms with Crippen LogP contribution in [-0.2, 0) is 0 Å². The van der Waals surface area contributed by atoms with E-state index in [2.05, 4.69) is 34.2 Å². The third-order valence-corrected chi connectivity index (χ3v) is 5.71. The number of nitrogens with two attached hydrogens (primary N) is 1. The van der Waals surface area contributed by atoms with Crippen LogP contribution in [0.25, 0.3) is 0 Å². The summed E-state index contributed by atoms with van der Waals surface area (Å²) >= 11 is 9.59. The van der Waals surface area contributed by atoms with Crippen LogP contribution in [0.2, 0.25) is 5.02 Å². The first-order valence-corrected chi connectivity index (χ1v) is 8.69. The molecule has 0 bridgehead atoms. The average molecular weight is 360 g/mol. The molecule has 0 spiro atoms. The normalized spacial score (nSPS) is 26.5. The van der Waals surface area contributed by atoms with Crippen LogP contribution in [0.1, 0.15) is 45.4 Å². The van der Waals surface area contributed by atoms with E-state index in [0.29, 0.717) is 6.54 Å². The second-order valence-corrected chi connectivity index (χ2v) is 7.23. The van der Waals surface area contributed by atoms with E-state index in [0.717, 1.165) is 33.9 Å². The second kappa shape index (κ2) is 7.15. The highest BCUT2D eigenvalue weighted by molar-refractivity contribution is 9.10. The maximum atomic E-state index is 6.17. The van der Waals surface area contributed by atoms with Crippen molar-refractivity contribution in [2.24, 2.45) is 11.7 Å². The Balaban J connectivity index is 2.03. The highest BCUT2D eigenvalue weighted by Gasteiger charge is 2.33. The molecular weight excluding hydrogens is 336 g/mol. The molecule has 3 N–H and O–H groups in total. The van der Waals surface area contributed by atoms with Gasteiger partial charge in [-0.3, -0.25) is 0 Å². The molecule has 0 unspecified atom stereocenters. The number of nitrogens with one attached hydrogen (secondary N) is 1. The molecule has 20 heavy (non-hydrogen) atoms. The largest absolute Gasteiger partial charge is 0.378 e. The van der Waals surface area contributed by atoms with Crippen molar-refractivity contribution in [1.29, 1.82) is 0 Å². The Bertz CT molecular complexity index is 442. The van der Waals surface area contributed by atoms with Gasteiger partial charge in [0.2, 0.25) is 0 Å². The molecule has 1 aromatic rings. The smallest absolute Gasteiger partial charge is 0.0568 e. The van der Waals surface area contributed by atoms with E-state index in [9.17, 15) is 0 Å². The number of halogens is 2. The summed E-state index contributed by atoms with van der Waals surface area (Å²) in [5.41, 5.74) is 7.18. The summed E-state index contributed by atoms with van der Waals surface area (Å²) in [6, 6.07) is 6.02. The average Bonchev–Trinajstić information content (AvgIpc) is 2.46. The molecule has 0 saturated heterocycles. The molecule has 0 heterocycles. The van der Waals surface area contributed by atoms with Crippen molar-refractivity contribution in [1.82, 2.24) is 0 Å². The molecular formula is C16H24BrClN2. The fourth-order valence-corrected chi connectivity index (χ4v) is 3.61. The van der Waals surface area contributed by atoms with E-state index >= 15 is 0 Å². The topological polar surface area (TPSA) is 38.0 Å². The molecule has 0 atom stereocenters. The van der Waals surface area contributed by atoms with Crippen molar-refractivity contribution in [3.63, 3.8) is 0 Å². The van der Waals surface area contributed by atoms with Gasteiger partial charge < -0.3 is 11.1 Å². The van der Waals surface area contributed by atoms with Crippen LogP contribution >= 0.6 is 27.5 Å². The first kappa shape index (κ1) is 16.1. The lowest BCUT2D eigenvalue weighted by Crippen LogP contribution is -2.48. The fourth-order valence-electron chi connectivity index (χ4n) is 3.19. The van der Waals surface area contributed by atoms with Crippen molar-refractivity contribution in [3.8, 4) is 0 Å². The van der Waals surface area contributed by atoms with Crippen molar-refractivity contribution < 1.29 is 0 Å². The molecule has 0 amide bonds. The van der Waals surface area contributed by atoms with Gasteiger partial charge >= 0.3 is 0 Å². The van der Waals surface area contributed by atoms with E-state index in [-0.39, 0.29) is 5.54 Å². The lowest BCUT2D eigenvalue weighted by atomic mass is 9.75. The summed E-state index contributed by atoms with van der Waals surface area (Å²) in [5.74, 6) is 0.884. The van der Waals surface area contributed by atoms with E-state index in [1.54, 1.807) is 0 Å². The van der Waals surface area contributed by atoms with Crippen LogP contribution in [0.5, 0.6) is 0 Å². The minimum absolute atomic E-state index is 0.0431. The van der Waals surface area contributed by atoms with Gasteiger partial charge in [0.25, 0.3) is 0 Å². The number of hydrogen-bond donors (Lipinski definition) is 2. The summed E-state index contributed by atoms with van der Waals surface area (Å²) in [5, 5.41) is 4.38. The van der Waals surface area contributed by atoms with Crippen molar-refractivity contribution in [2.75, 3.05) is 11.9 Å². The molecule has 2 rings (SSSR count). The Hall–Kier alpha value is -0.250. The zero-order chi connectivity index (χ0) is 14.6. The van der Waals surface area contributed by atoms with Crippen molar-refractivity contribution in [3.05, 3.63) is 27.7 Å². The minimum atomic E-state index is 0.0431.